The molecule has 4 rings (SSSR count). The topological polar surface area (TPSA) is 112 Å². The van der Waals surface area contributed by atoms with Crippen molar-refractivity contribution in [1.29, 1.82) is 0 Å². The molecule has 2 heterocycles. The largest absolute Gasteiger partial charge is 0.493 e. The van der Waals surface area contributed by atoms with Crippen LogP contribution in [-0.2, 0) is 11.3 Å². The summed E-state index contributed by atoms with van der Waals surface area (Å²) in [6, 6.07) is 13.4. The molecule has 11 heteroatoms. The molecule has 34 heavy (non-hydrogen) atoms. The van der Waals surface area contributed by atoms with Gasteiger partial charge in [0, 0.05) is 12.1 Å². The number of thiocarbonyl (C=S) groups is 1. The lowest BCUT2D eigenvalue weighted by Crippen LogP contribution is -2.27. The summed E-state index contributed by atoms with van der Waals surface area (Å²) < 4.78 is 16.5. The number of thioether (sulfide) groups is 1. The Balaban J connectivity index is 1.50. The van der Waals surface area contributed by atoms with Crippen LogP contribution in [0.5, 0.6) is 11.5 Å². The van der Waals surface area contributed by atoms with Gasteiger partial charge in [0.1, 0.15) is 10.1 Å². The van der Waals surface area contributed by atoms with Crippen molar-refractivity contribution < 1.29 is 28.4 Å². The van der Waals surface area contributed by atoms with Gasteiger partial charge in [0.05, 0.1) is 35.3 Å². The minimum atomic E-state index is -0.695. The maximum absolute atomic E-state index is 12.8. The number of carbonyl (C=O) groups excluding carboxylic acids is 2. The van der Waals surface area contributed by atoms with Crippen LogP contribution < -0.4 is 9.47 Å². The summed E-state index contributed by atoms with van der Waals surface area (Å²) in [5, 5.41) is 10.8. The Morgan fingerprint density at radius 1 is 1.21 bits per heavy atom. The first-order valence-electron chi connectivity index (χ1n) is 9.78. The lowest BCUT2D eigenvalue weighted by atomic mass is 10.1. The number of hydrogen-bond acceptors (Lipinski definition) is 9. The quantitative estimate of drug-likeness (QED) is 0.113. The number of benzene rings is 2. The molecule has 1 aliphatic rings. The third-order valence-corrected chi connectivity index (χ3v) is 6.15. The summed E-state index contributed by atoms with van der Waals surface area (Å²) in [5.41, 5.74) is 0.663. The van der Waals surface area contributed by atoms with E-state index < -0.39 is 10.9 Å². The van der Waals surface area contributed by atoms with E-state index in [-0.39, 0.29) is 35.2 Å². The van der Waals surface area contributed by atoms with E-state index in [2.05, 4.69) is 0 Å². The number of nitro groups is 1. The van der Waals surface area contributed by atoms with Crippen LogP contribution in [0.15, 0.2) is 70.2 Å². The van der Waals surface area contributed by atoms with Gasteiger partial charge < -0.3 is 13.9 Å². The standard InChI is InChI=1S/C23H16N2O7S2/c1-30-19-11-14(12-20-21(26)24(23(33)34-20)13-17-3-2-10-31-17)4-9-18(19)32-22(27)15-5-7-16(8-6-15)25(28)29/h2-12H,13H2,1H3/b20-12-. The molecule has 1 aliphatic heterocycles. The molecule has 0 N–H and O–H groups in total. The fraction of sp³-hybridized carbons (Fsp3) is 0.0870. The van der Waals surface area contributed by atoms with Crippen molar-refractivity contribution in [2.24, 2.45) is 0 Å². The molecule has 172 valence electrons. The lowest BCUT2D eigenvalue weighted by Gasteiger charge is -2.12. The SMILES string of the molecule is COc1cc(/C=C2\SC(=S)N(Cc3ccco3)C2=O)ccc1OC(=O)c1ccc([N+](=O)[O-])cc1. The number of esters is 1. The number of hydrogen-bond donors (Lipinski definition) is 0. The average molecular weight is 497 g/mol. The number of methoxy groups -OCH3 is 1. The van der Waals surface area contributed by atoms with Gasteiger partial charge in [-0.15, -0.1) is 0 Å². The summed E-state index contributed by atoms with van der Waals surface area (Å²) >= 11 is 6.52. The summed E-state index contributed by atoms with van der Waals surface area (Å²) in [6.45, 7) is 0.246. The van der Waals surface area contributed by atoms with Crippen molar-refractivity contribution in [3.63, 3.8) is 0 Å². The number of nitrogens with zero attached hydrogens (tertiary/aromatic N) is 2. The summed E-state index contributed by atoms with van der Waals surface area (Å²) in [7, 11) is 1.42. The molecule has 1 amide bonds. The maximum Gasteiger partial charge on any atom is 0.343 e. The summed E-state index contributed by atoms with van der Waals surface area (Å²) in [4.78, 5) is 37.4. The molecule has 0 radical (unpaired) electrons. The number of non-ortho nitro benzene ring substituents is 1. The molecule has 0 saturated carbocycles. The van der Waals surface area contributed by atoms with Crippen molar-refractivity contribution in [2.45, 2.75) is 6.54 Å². The molecule has 0 spiro atoms. The second-order valence-corrected chi connectivity index (χ2v) is 8.63. The Hall–Kier alpha value is -3.96. The second-order valence-electron chi connectivity index (χ2n) is 6.95. The second kappa shape index (κ2) is 9.89. The van der Waals surface area contributed by atoms with E-state index in [0.29, 0.717) is 20.5 Å². The molecule has 1 aromatic heterocycles. The Bertz CT molecular complexity index is 1300. The molecule has 3 aromatic rings. The summed E-state index contributed by atoms with van der Waals surface area (Å²) in [6.07, 6.45) is 3.21. The van der Waals surface area contributed by atoms with E-state index >= 15 is 0 Å². The van der Waals surface area contributed by atoms with Crippen LogP contribution in [0.4, 0.5) is 5.69 Å². The molecule has 0 bridgehead atoms. The van der Waals surface area contributed by atoms with Crippen LogP contribution in [0.3, 0.4) is 0 Å². The van der Waals surface area contributed by atoms with Gasteiger partial charge in [-0.05, 0) is 48.0 Å². The Morgan fingerprint density at radius 2 is 1.97 bits per heavy atom. The molecule has 1 saturated heterocycles. The maximum atomic E-state index is 12.8. The Kier molecular flexibility index (Phi) is 6.75. The van der Waals surface area contributed by atoms with Crippen LogP contribution in [0, 0.1) is 10.1 Å². The first kappa shape index (κ1) is 23.2. The van der Waals surface area contributed by atoms with Gasteiger partial charge in [-0.3, -0.25) is 19.8 Å². The van der Waals surface area contributed by atoms with Crippen molar-refractivity contribution in [1.82, 2.24) is 4.90 Å². The predicted octanol–water partition coefficient (Wildman–Crippen LogP) is 4.82. The molecular weight excluding hydrogens is 480 g/mol. The highest BCUT2D eigenvalue weighted by molar-refractivity contribution is 8.26. The first-order chi connectivity index (χ1) is 16.4. The Morgan fingerprint density at radius 3 is 2.62 bits per heavy atom. The van der Waals surface area contributed by atoms with Gasteiger partial charge in [0.25, 0.3) is 11.6 Å². The van der Waals surface area contributed by atoms with E-state index in [1.807, 2.05) is 0 Å². The third kappa shape index (κ3) is 5.00. The highest BCUT2D eigenvalue weighted by atomic mass is 32.2. The normalized spacial score (nSPS) is 14.5. The summed E-state index contributed by atoms with van der Waals surface area (Å²) in [5.74, 6) is 0.126. The zero-order chi connectivity index (χ0) is 24.2. The minimum absolute atomic E-state index is 0.131. The van der Waals surface area contributed by atoms with Gasteiger partial charge >= 0.3 is 5.97 Å². The van der Waals surface area contributed by atoms with Gasteiger partial charge in [-0.25, -0.2) is 4.79 Å². The highest BCUT2D eigenvalue weighted by Gasteiger charge is 2.32. The fourth-order valence-corrected chi connectivity index (χ4v) is 4.34. The van der Waals surface area contributed by atoms with Crippen LogP contribution >= 0.6 is 24.0 Å². The molecule has 0 atom stereocenters. The van der Waals surface area contributed by atoms with Crippen molar-refractivity contribution in [2.75, 3.05) is 7.11 Å². The van der Waals surface area contributed by atoms with E-state index in [1.54, 1.807) is 30.3 Å². The molecule has 9 nitrogen and oxygen atoms in total. The van der Waals surface area contributed by atoms with Crippen LogP contribution in [-0.4, -0.2) is 33.1 Å². The number of furan rings is 1. The molecule has 0 unspecified atom stereocenters. The average Bonchev–Trinajstić information content (AvgIpc) is 3.44. The predicted molar refractivity (Wildman–Crippen MR) is 128 cm³/mol. The Labute approximate surface area is 203 Å². The lowest BCUT2D eigenvalue weighted by molar-refractivity contribution is -0.384. The highest BCUT2D eigenvalue weighted by Crippen LogP contribution is 2.35. The van der Waals surface area contributed by atoms with Gasteiger partial charge in [0.15, 0.2) is 11.5 Å². The molecular formula is C23H16N2O7S2. The van der Waals surface area contributed by atoms with E-state index in [0.717, 1.165) is 0 Å². The van der Waals surface area contributed by atoms with E-state index in [4.69, 9.17) is 26.1 Å². The zero-order valence-electron chi connectivity index (χ0n) is 17.6. The van der Waals surface area contributed by atoms with Crippen molar-refractivity contribution in [3.05, 3.63) is 92.8 Å². The third-order valence-electron chi connectivity index (χ3n) is 4.77. The molecule has 1 fully saturated rings. The van der Waals surface area contributed by atoms with Crippen LogP contribution in [0.2, 0.25) is 0 Å². The van der Waals surface area contributed by atoms with Gasteiger partial charge in [-0.2, -0.15) is 0 Å². The van der Waals surface area contributed by atoms with Crippen LogP contribution in [0.1, 0.15) is 21.7 Å². The first-order valence-corrected chi connectivity index (χ1v) is 11.0. The fourth-order valence-electron chi connectivity index (χ4n) is 3.08. The van der Waals surface area contributed by atoms with Gasteiger partial charge in [0.2, 0.25) is 0 Å². The number of ether oxygens (including phenoxy) is 2. The van der Waals surface area contributed by atoms with Crippen molar-refractivity contribution >= 4 is 51.9 Å². The van der Waals surface area contributed by atoms with Gasteiger partial charge in [-0.1, -0.05) is 30.0 Å². The molecule has 2 aromatic carbocycles. The number of amides is 1. The van der Waals surface area contributed by atoms with Crippen molar-refractivity contribution in [3.8, 4) is 11.5 Å². The van der Waals surface area contributed by atoms with E-state index in [9.17, 15) is 19.7 Å². The van der Waals surface area contributed by atoms with E-state index in [1.165, 1.54) is 60.4 Å². The van der Waals surface area contributed by atoms with Crippen LogP contribution in [0.25, 0.3) is 6.08 Å². The molecule has 0 aliphatic carbocycles. The number of nitro benzene ring substituents is 1. The zero-order valence-corrected chi connectivity index (χ0v) is 19.3. The minimum Gasteiger partial charge on any atom is -0.493 e. The monoisotopic (exact) mass is 496 g/mol. The smallest absolute Gasteiger partial charge is 0.343 e. The number of rotatable bonds is 7. The number of carbonyl (C=O) groups is 2.